The van der Waals surface area contributed by atoms with Crippen molar-refractivity contribution in [3.8, 4) is 0 Å². The molecule has 0 saturated heterocycles. The molecule has 0 aliphatic carbocycles. The zero-order chi connectivity index (χ0) is 6.78. The molecule has 3 nitrogen and oxygen atoms in total. The molecule has 2 N–H and O–H groups in total. The molecule has 0 aromatic rings. The fraction of sp³-hybridized carbons (Fsp3) is 0.750. The van der Waals surface area contributed by atoms with Crippen molar-refractivity contribution in [2.24, 2.45) is 5.92 Å². The van der Waals surface area contributed by atoms with Crippen LogP contribution in [0, 0.1) is 12.8 Å². The van der Waals surface area contributed by atoms with E-state index in [1.807, 2.05) is 0 Å². The fourth-order valence-electron chi connectivity index (χ4n) is 0.406. The fourth-order valence-corrected chi connectivity index (χ4v) is 1.22. The summed E-state index contributed by atoms with van der Waals surface area (Å²) in [5.41, 5.74) is 0. The van der Waals surface area contributed by atoms with Crippen molar-refractivity contribution >= 4 is 7.60 Å². The van der Waals surface area contributed by atoms with Gasteiger partial charge in [0.2, 0.25) is 0 Å². The average Bonchev–Trinajstić information content (AvgIpc) is 1.21. The van der Waals surface area contributed by atoms with Gasteiger partial charge in [-0.2, -0.15) is 0 Å². The lowest BCUT2D eigenvalue weighted by atomic mass is 10.3. The minimum Gasteiger partial charge on any atom is -0.324 e. The molecule has 1 unspecified atom stereocenters. The van der Waals surface area contributed by atoms with E-state index in [0.717, 1.165) is 0 Å². The topological polar surface area (TPSA) is 57.5 Å². The normalized spacial score (nSPS) is 12.6. The molecule has 0 heterocycles. The molecule has 8 heavy (non-hydrogen) atoms. The highest BCUT2D eigenvalue weighted by Gasteiger charge is 2.13. The summed E-state index contributed by atoms with van der Waals surface area (Å²) in [7, 11) is -3.78. The number of rotatable bonds is 2. The predicted octanol–water partition coefficient (Wildman–Crippen LogP) is 0.634. The van der Waals surface area contributed by atoms with Crippen LogP contribution < -0.4 is 0 Å². The minimum absolute atomic E-state index is 0.118. The predicted molar refractivity (Wildman–Crippen MR) is 31.4 cm³/mol. The van der Waals surface area contributed by atoms with Crippen LogP contribution in [-0.4, -0.2) is 15.9 Å². The molecule has 0 rings (SSSR count). The van der Waals surface area contributed by atoms with Gasteiger partial charge < -0.3 is 9.79 Å². The summed E-state index contributed by atoms with van der Waals surface area (Å²) in [6, 6.07) is 0. The van der Waals surface area contributed by atoms with Gasteiger partial charge in [-0.1, -0.05) is 6.92 Å². The van der Waals surface area contributed by atoms with E-state index in [1.165, 1.54) is 0 Å². The molecular formula is C4H10O3P. The van der Waals surface area contributed by atoms with Crippen LogP contribution in [0.15, 0.2) is 0 Å². The highest BCUT2D eigenvalue weighted by atomic mass is 31.2. The SMILES string of the molecule is [CH2]C(C)CP(=O)(O)O. The van der Waals surface area contributed by atoms with Crippen molar-refractivity contribution in [3.05, 3.63) is 6.92 Å². The first-order valence-corrected chi connectivity index (χ1v) is 4.09. The monoisotopic (exact) mass is 137 g/mol. The summed E-state index contributed by atoms with van der Waals surface area (Å²) in [5.74, 6) is -0.171. The Bertz CT molecular complexity index is 104. The van der Waals surface area contributed by atoms with Gasteiger partial charge in [-0.15, -0.1) is 0 Å². The first-order valence-electron chi connectivity index (χ1n) is 2.29. The second kappa shape index (κ2) is 2.62. The average molecular weight is 137 g/mol. The quantitative estimate of drug-likeness (QED) is 0.549. The highest BCUT2D eigenvalue weighted by molar-refractivity contribution is 7.51. The molecule has 1 radical (unpaired) electrons. The van der Waals surface area contributed by atoms with Crippen molar-refractivity contribution in [2.45, 2.75) is 6.92 Å². The van der Waals surface area contributed by atoms with Crippen molar-refractivity contribution in [1.29, 1.82) is 0 Å². The van der Waals surface area contributed by atoms with Crippen LogP contribution in [0.4, 0.5) is 0 Å². The molecule has 0 spiro atoms. The van der Waals surface area contributed by atoms with E-state index >= 15 is 0 Å². The zero-order valence-electron chi connectivity index (χ0n) is 4.74. The maximum atomic E-state index is 10.1. The Morgan fingerprint density at radius 2 is 2.12 bits per heavy atom. The Balaban J connectivity index is 3.56. The molecule has 0 bridgehead atoms. The summed E-state index contributed by atoms with van der Waals surface area (Å²) in [5, 5.41) is 0. The molecule has 0 aliphatic heterocycles. The maximum Gasteiger partial charge on any atom is 0.325 e. The molecule has 0 amide bonds. The second-order valence-electron chi connectivity index (χ2n) is 1.95. The van der Waals surface area contributed by atoms with Gasteiger partial charge >= 0.3 is 7.60 Å². The smallest absolute Gasteiger partial charge is 0.324 e. The lowest BCUT2D eigenvalue weighted by Crippen LogP contribution is -1.95. The van der Waals surface area contributed by atoms with Gasteiger partial charge in [-0.25, -0.2) is 0 Å². The van der Waals surface area contributed by atoms with Crippen molar-refractivity contribution < 1.29 is 14.4 Å². The van der Waals surface area contributed by atoms with E-state index in [4.69, 9.17) is 9.79 Å². The minimum atomic E-state index is -3.78. The highest BCUT2D eigenvalue weighted by Crippen LogP contribution is 2.36. The second-order valence-corrected chi connectivity index (χ2v) is 3.65. The van der Waals surface area contributed by atoms with E-state index in [0.29, 0.717) is 0 Å². The van der Waals surface area contributed by atoms with E-state index < -0.39 is 7.60 Å². The molecule has 1 atom stereocenters. The first-order chi connectivity index (χ1) is 3.42. The van der Waals surface area contributed by atoms with E-state index in [2.05, 4.69) is 6.92 Å². The van der Waals surface area contributed by atoms with Crippen molar-refractivity contribution in [1.82, 2.24) is 0 Å². The third kappa shape index (κ3) is 6.15. The van der Waals surface area contributed by atoms with Gasteiger partial charge in [-0.05, 0) is 12.8 Å². The summed E-state index contributed by atoms with van der Waals surface area (Å²) < 4.78 is 10.1. The van der Waals surface area contributed by atoms with E-state index in [-0.39, 0.29) is 12.1 Å². The van der Waals surface area contributed by atoms with Gasteiger partial charge in [0, 0.05) is 0 Å². The van der Waals surface area contributed by atoms with Crippen LogP contribution in [-0.2, 0) is 4.57 Å². The lowest BCUT2D eigenvalue weighted by molar-refractivity contribution is 0.368. The molecule has 0 saturated carbocycles. The van der Waals surface area contributed by atoms with Gasteiger partial charge in [0.15, 0.2) is 0 Å². The molecule has 0 fully saturated rings. The number of hydrogen-bond donors (Lipinski definition) is 2. The Morgan fingerprint density at radius 1 is 1.75 bits per heavy atom. The van der Waals surface area contributed by atoms with Crippen LogP contribution in [0.3, 0.4) is 0 Å². The van der Waals surface area contributed by atoms with Crippen LogP contribution in [0.1, 0.15) is 6.92 Å². The molecule has 0 aromatic heterocycles. The lowest BCUT2D eigenvalue weighted by Gasteiger charge is -2.04. The maximum absolute atomic E-state index is 10.1. The summed E-state index contributed by atoms with van der Waals surface area (Å²) in [6.45, 7) is 5.10. The largest absolute Gasteiger partial charge is 0.325 e. The van der Waals surface area contributed by atoms with Crippen LogP contribution in [0.5, 0.6) is 0 Å². The first kappa shape index (κ1) is 8.15. The van der Waals surface area contributed by atoms with Gasteiger partial charge in [0.05, 0.1) is 6.16 Å². The molecule has 49 valence electrons. The number of hydrogen-bond acceptors (Lipinski definition) is 1. The molecule has 0 aliphatic rings. The van der Waals surface area contributed by atoms with Crippen molar-refractivity contribution in [2.75, 3.05) is 6.16 Å². The summed E-state index contributed by atoms with van der Waals surface area (Å²) in [4.78, 5) is 16.5. The molecule has 4 heteroatoms. The van der Waals surface area contributed by atoms with Crippen LogP contribution >= 0.6 is 7.60 Å². The zero-order valence-corrected chi connectivity index (χ0v) is 5.64. The van der Waals surface area contributed by atoms with E-state index in [9.17, 15) is 4.57 Å². The van der Waals surface area contributed by atoms with Crippen LogP contribution in [0.2, 0.25) is 0 Å². The Labute approximate surface area is 48.9 Å². The van der Waals surface area contributed by atoms with Crippen LogP contribution in [0.25, 0.3) is 0 Å². The van der Waals surface area contributed by atoms with E-state index in [1.54, 1.807) is 6.92 Å². The summed E-state index contributed by atoms with van der Waals surface area (Å²) >= 11 is 0. The standard InChI is InChI=1S/C4H10O3P/c1-4(2)3-8(5,6)7/h4H,1,3H2,2H3,(H2,5,6,7). The third-order valence-corrected chi connectivity index (χ3v) is 1.65. The summed E-state index contributed by atoms with van der Waals surface area (Å²) in [6.07, 6.45) is -0.118. The third-order valence-electron chi connectivity index (χ3n) is 0.550. The Kier molecular flexibility index (Phi) is 2.67. The van der Waals surface area contributed by atoms with Crippen molar-refractivity contribution in [3.63, 3.8) is 0 Å². The Morgan fingerprint density at radius 3 is 2.12 bits per heavy atom. The van der Waals surface area contributed by atoms with Gasteiger partial charge in [0.1, 0.15) is 0 Å². The Hall–Kier alpha value is 0.150. The van der Waals surface area contributed by atoms with Gasteiger partial charge in [0.25, 0.3) is 0 Å². The molecule has 0 aromatic carbocycles. The van der Waals surface area contributed by atoms with Gasteiger partial charge in [-0.3, -0.25) is 4.57 Å². The molecular weight excluding hydrogens is 127 g/mol.